The molecule has 132 valence electrons. The third-order valence-corrected chi connectivity index (χ3v) is 4.66. The van der Waals surface area contributed by atoms with Crippen LogP contribution in [0.3, 0.4) is 0 Å². The Morgan fingerprint density at radius 3 is 2.07 bits per heavy atom. The predicted octanol–water partition coefficient (Wildman–Crippen LogP) is -0.263. The Morgan fingerprint density at radius 1 is 0.815 bits per heavy atom. The highest BCUT2D eigenvalue weighted by Crippen LogP contribution is 2.22. The summed E-state index contributed by atoms with van der Waals surface area (Å²) in [6.07, 6.45) is 10.8. The van der Waals surface area contributed by atoms with E-state index in [1.165, 1.54) is 0 Å². The molecule has 6 nitrogen and oxygen atoms in total. The van der Waals surface area contributed by atoms with Gasteiger partial charge < -0.3 is 20.1 Å². The van der Waals surface area contributed by atoms with E-state index in [-0.39, 0.29) is 0 Å². The number of hydrogen-bond donors (Lipinski definition) is 4. The summed E-state index contributed by atoms with van der Waals surface area (Å²) in [5.74, 6) is -1.02. The number of aromatic nitrogens is 3. The fraction of sp³-hybridized carbons (Fsp3) is 0.0476. The van der Waals surface area contributed by atoms with Gasteiger partial charge in [-0.2, -0.15) is 0 Å². The van der Waals surface area contributed by atoms with Gasteiger partial charge >= 0.3 is 5.97 Å². The van der Waals surface area contributed by atoms with E-state index in [4.69, 9.17) is 0 Å². The van der Waals surface area contributed by atoms with Gasteiger partial charge in [-0.05, 0) is 72.9 Å². The third kappa shape index (κ3) is 2.77. The SMILES string of the molecule is O=C(O)C12C=CC(=N1)C=c1ccc([nH]1)=Cc1ccc([nH]1)C=c1ccc([nH]1)=C2. The molecule has 27 heavy (non-hydrogen) atoms. The molecule has 3 aromatic rings. The number of nitrogens with zero attached hydrogens (tertiary/aromatic N) is 1. The van der Waals surface area contributed by atoms with Gasteiger partial charge in [-0.15, -0.1) is 0 Å². The maximum atomic E-state index is 12.0. The van der Waals surface area contributed by atoms with Crippen LogP contribution in [0.2, 0.25) is 0 Å². The third-order valence-electron chi connectivity index (χ3n) is 4.66. The summed E-state index contributed by atoms with van der Waals surface area (Å²) in [7, 11) is 0. The van der Waals surface area contributed by atoms with E-state index in [1.54, 1.807) is 18.2 Å². The normalized spacial score (nSPS) is 20.1. The molecule has 6 heteroatoms. The number of carbonyl (C=O) groups is 1. The highest BCUT2D eigenvalue weighted by Gasteiger charge is 2.36. The van der Waals surface area contributed by atoms with Crippen LogP contribution in [0, 0.1) is 0 Å². The molecule has 5 heterocycles. The Morgan fingerprint density at radius 2 is 1.41 bits per heavy atom. The molecule has 0 spiro atoms. The van der Waals surface area contributed by atoms with Crippen LogP contribution >= 0.6 is 0 Å². The molecule has 1 unspecified atom stereocenters. The standard InChI is InChI=1S/C21H16N4O2/c26-20(27)21-8-7-18(25-21)11-17-4-3-14(23-17)9-13-1-2-15(22-13)10-16-5-6-19(12-21)24-16/h1-12,22-24H,(H,26,27). The molecule has 0 amide bonds. The van der Waals surface area contributed by atoms with Crippen molar-refractivity contribution in [3.63, 3.8) is 0 Å². The van der Waals surface area contributed by atoms with Crippen molar-refractivity contribution in [3.05, 3.63) is 81.3 Å². The van der Waals surface area contributed by atoms with Crippen LogP contribution in [0.1, 0.15) is 11.4 Å². The van der Waals surface area contributed by atoms with Crippen molar-refractivity contribution in [3.8, 4) is 0 Å². The molecule has 0 saturated carbocycles. The van der Waals surface area contributed by atoms with Crippen molar-refractivity contribution >= 4 is 36.0 Å². The summed E-state index contributed by atoms with van der Waals surface area (Å²) < 4.78 is 0. The van der Waals surface area contributed by atoms with Gasteiger partial charge in [-0.3, -0.25) is 4.99 Å². The number of allylic oxidation sites excluding steroid dienone is 1. The minimum absolute atomic E-state index is 0.606. The van der Waals surface area contributed by atoms with Crippen LogP contribution in [0.15, 0.2) is 53.5 Å². The second-order valence-corrected chi connectivity index (χ2v) is 6.68. The summed E-state index contributed by atoms with van der Waals surface area (Å²) in [5, 5.41) is 13.2. The minimum Gasteiger partial charge on any atom is -0.479 e. The number of aliphatic carboxylic acids is 1. The first kappa shape index (κ1) is 15.5. The van der Waals surface area contributed by atoms with Gasteiger partial charge in [0.15, 0.2) is 5.54 Å². The molecule has 0 saturated heterocycles. The molecule has 1 atom stereocenters. The Hall–Kier alpha value is -3.80. The van der Waals surface area contributed by atoms with E-state index in [0.717, 1.165) is 27.4 Å². The first-order valence-electron chi connectivity index (χ1n) is 8.58. The number of fused-ring (bicyclic) bond motifs is 7. The van der Waals surface area contributed by atoms with Crippen molar-refractivity contribution in [2.45, 2.75) is 5.54 Å². The lowest BCUT2D eigenvalue weighted by molar-refractivity contribution is -0.139. The van der Waals surface area contributed by atoms with E-state index in [2.05, 4.69) is 19.9 Å². The average Bonchev–Trinajstić information content (AvgIpc) is 3.39. The summed E-state index contributed by atoms with van der Waals surface area (Å²) in [4.78, 5) is 26.3. The van der Waals surface area contributed by atoms with Crippen molar-refractivity contribution < 1.29 is 9.90 Å². The predicted molar refractivity (Wildman–Crippen MR) is 104 cm³/mol. The number of aliphatic imine (C=N–C) groups is 1. The van der Waals surface area contributed by atoms with Crippen molar-refractivity contribution in [1.29, 1.82) is 0 Å². The van der Waals surface area contributed by atoms with Crippen molar-refractivity contribution in [2.24, 2.45) is 4.99 Å². The summed E-state index contributed by atoms with van der Waals surface area (Å²) in [5.41, 5.74) is 1.14. The molecule has 5 rings (SSSR count). The molecule has 2 aliphatic rings. The number of carboxylic acid groups (broad SMARTS) is 1. The number of rotatable bonds is 1. The van der Waals surface area contributed by atoms with Crippen LogP contribution in [-0.2, 0) is 4.79 Å². The van der Waals surface area contributed by atoms with E-state index < -0.39 is 11.5 Å². The number of hydrogen-bond acceptors (Lipinski definition) is 2. The first-order valence-corrected chi connectivity index (χ1v) is 8.58. The van der Waals surface area contributed by atoms with Crippen molar-refractivity contribution in [2.75, 3.05) is 0 Å². The summed E-state index contributed by atoms with van der Waals surface area (Å²) >= 11 is 0. The molecule has 3 aromatic heterocycles. The largest absolute Gasteiger partial charge is 0.479 e. The Kier molecular flexibility index (Phi) is 3.21. The highest BCUT2D eigenvalue weighted by atomic mass is 16.4. The summed E-state index contributed by atoms with van der Waals surface area (Å²) in [6, 6.07) is 11.7. The fourth-order valence-electron chi connectivity index (χ4n) is 3.37. The maximum absolute atomic E-state index is 12.0. The van der Waals surface area contributed by atoms with E-state index in [1.807, 2.05) is 54.6 Å². The number of aromatic amines is 3. The van der Waals surface area contributed by atoms with Gasteiger partial charge in [-0.25, -0.2) is 4.79 Å². The quantitative estimate of drug-likeness (QED) is 0.483. The lowest BCUT2D eigenvalue weighted by Gasteiger charge is -2.13. The van der Waals surface area contributed by atoms with Crippen molar-refractivity contribution in [1.82, 2.24) is 15.0 Å². The van der Waals surface area contributed by atoms with Crippen LogP contribution in [0.4, 0.5) is 0 Å². The smallest absolute Gasteiger partial charge is 0.339 e. The molecule has 2 aliphatic heterocycles. The zero-order valence-electron chi connectivity index (χ0n) is 14.2. The molecule has 8 bridgehead atoms. The molecule has 4 N–H and O–H groups in total. The van der Waals surface area contributed by atoms with E-state index in [0.29, 0.717) is 11.1 Å². The monoisotopic (exact) mass is 356 g/mol. The molecule has 0 radical (unpaired) electrons. The molecular weight excluding hydrogens is 340 g/mol. The van der Waals surface area contributed by atoms with Crippen LogP contribution in [-0.4, -0.2) is 37.3 Å². The molecule has 0 aliphatic carbocycles. The number of nitrogens with one attached hydrogen (secondary N) is 3. The van der Waals surface area contributed by atoms with E-state index in [9.17, 15) is 9.90 Å². The fourth-order valence-corrected chi connectivity index (χ4v) is 3.37. The zero-order valence-corrected chi connectivity index (χ0v) is 14.2. The highest BCUT2D eigenvalue weighted by molar-refractivity contribution is 6.21. The van der Waals surface area contributed by atoms with Gasteiger partial charge in [0.05, 0.1) is 5.71 Å². The number of carboxylic acids is 1. The first-order chi connectivity index (χ1) is 13.1. The second-order valence-electron chi connectivity index (χ2n) is 6.68. The van der Waals surface area contributed by atoms with Crippen LogP contribution in [0.5, 0.6) is 0 Å². The molecule has 0 fully saturated rings. The van der Waals surface area contributed by atoms with Crippen LogP contribution < -0.4 is 21.4 Å². The molecular formula is C21H16N4O2. The second kappa shape index (κ2) is 5.60. The Bertz CT molecular complexity index is 1360. The van der Waals surface area contributed by atoms with Gasteiger partial charge in [0.25, 0.3) is 0 Å². The van der Waals surface area contributed by atoms with E-state index >= 15 is 0 Å². The van der Waals surface area contributed by atoms with Gasteiger partial charge in [0, 0.05) is 32.8 Å². The number of H-pyrrole nitrogens is 3. The van der Waals surface area contributed by atoms with Gasteiger partial charge in [0.2, 0.25) is 0 Å². The Balaban J connectivity index is 1.81. The van der Waals surface area contributed by atoms with Gasteiger partial charge in [0.1, 0.15) is 0 Å². The minimum atomic E-state index is -1.41. The van der Waals surface area contributed by atoms with Crippen LogP contribution in [0.25, 0.3) is 24.3 Å². The molecule has 0 aromatic carbocycles. The zero-order chi connectivity index (χ0) is 18.4. The lowest BCUT2D eigenvalue weighted by Crippen LogP contribution is -2.33. The topological polar surface area (TPSA) is 97.0 Å². The van der Waals surface area contributed by atoms with Gasteiger partial charge in [-0.1, -0.05) is 0 Å². The maximum Gasteiger partial charge on any atom is 0.339 e. The summed E-state index contributed by atoms with van der Waals surface area (Å²) in [6.45, 7) is 0. The Labute approximate surface area is 153 Å². The average molecular weight is 356 g/mol. The lowest BCUT2D eigenvalue weighted by atomic mass is 10.0.